The van der Waals surface area contributed by atoms with Gasteiger partial charge in [0.15, 0.2) is 0 Å². The van der Waals surface area contributed by atoms with E-state index < -0.39 is 0 Å². The maximum atomic E-state index is 3.62. The summed E-state index contributed by atoms with van der Waals surface area (Å²) in [6, 6.07) is 1.57. The third kappa shape index (κ3) is 4.73. The zero-order chi connectivity index (χ0) is 13.9. The van der Waals surface area contributed by atoms with E-state index >= 15 is 0 Å². The highest BCUT2D eigenvalue weighted by molar-refractivity contribution is 4.86. The molecule has 2 rings (SSSR count). The van der Waals surface area contributed by atoms with Gasteiger partial charge < -0.3 is 5.32 Å². The fourth-order valence-electron chi connectivity index (χ4n) is 3.47. The number of rotatable bonds is 4. The van der Waals surface area contributed by atoms with Crippen LogP contribution >= 0.6 is 0 Å². The molecule has 2 heterocycles. The molecule has 0 aromatic heterocycles. The van der Waals surface area contributed by atoms with Crippen LogP contribution in [0.15, 0.2) is 0 Å². The summed E-state index contributed by atoms with van der Waals surface area (Å²) in [6.07, 6.45) is 5.46. The summed E-state index contributed by atoms with van der Waals surface area (Å²) in [7, 11) is 0. The van der Waals surface area contributed by atoms with Gasteiger partial charge in [0.05, 0.1) is 0 Å². The molecule has 0 saturated carbocycles. The topological polar surface area (TPSA) is 18.5 Å². The summed E-state index contributed by atoms with van der Waals surface area (Å²) in [4.78, 5) is 5.46. The molecule has 19 heavy (non-hydrogen) atoms. The van der Waals surface area contributed by atoms with Crippen molar-refractivity contribution in [1.82, 2.24) is 15.1 Å². The quantitative estimate of drug-likeness (QED) is 0.843. The minimum absolute atomic E-state index is 0.251. The Morgan fingerprint density at radius 2 is 1.89 bits per heavy atom. The Bertz CT molecular complexity index is 272. The molecule has 0 spiro atoms. The molecule has 112 valence electrons. The molecule has 2 aliphatic heterocycles. The summed E-state index contributed by atoms with van der Waals surface area (Å²) in [6.45, 7) is 15.6. The average Bonchev–Trinajstić information content (AvgIpc) is 2.64. The van der Waals surface area contributed by atoms with Crippen molar-refractivity contribution >= 4 is 0 Å². The predicted molar refractivity (Wildman–Crippen MR) is 82.6 cm³/mol. The van der Waals surface area contributed by atoms with Crippen molar-refractivity contribution in [3.8, 4) is 0 Å². The highest BCUT2D eigenvalue weighted by Crippen LogP contribution is 2.22. The van der Waals surface area contributed by atoms with Crippen LogP contribution in [0.2, 0.25) is 0 Å². The van der Waals surface area contributed by atoms with E-state index in [0.717, 1.165) is 18.6 Å². The van der Waals surface area contributed by atoms with Gasteiger partial charge in [-0.05, 0) is 79.6 Å². The first kappa shape index (κ1) is 15.3. The summed E-state index contributed by atoms with van der Waals surface area (Å²) in [5, 5.41) is 3.62. The molecule has 2 atom stereocenters. The number of nitrogens with zero attached hydrogens (tertiary/aromatic N) is 2. The Hall–Kier alpha value is -0.120. The zero-order valence-electron chi connectivity index (χ0n) is 13.4. The van der Waals surface area contributed by atoms with E-state index in [9.17, 15) is 0 Å². The molecule has 2 fully saturated rings. The van der Waals surface area contributed by atoms with Gasteiger partial charge in [0.1, 0.15) is 0 Å². The third-order valence-corrected chi connectivity index (χ3v) is 4.68. The molecule has 0 amide bonds. The number of fused-ring (bicyclic) bond motifs is 1. The Morgan fingerprint density at radius 1 is 1.16 bits per heavy atom. The van der Waals surface area contributed by atoms with Crippen molar-refractivity contribution in [3.05, 3.63) is 0 Å². The fraction of sp³-hybridized carbons (Fsp3) is 1.00. The van der Waals surface area contributed by atoms with Crippen molar-refractivity contribution in [3.63, 3.8) is 0 Å². The number of hydrogen-bond acceptors (Lipinski definition) is 3. The maximum absolute atomic E-state index is 3.62. The molecule has 2 unspecified atom stereocenters. The Morgan fingerprint density at radius 3 is 2.63 bits per heavy atom. The first-order chi connectivity index (χ1) is 8.96. The van der Waals surface area contributed by atoms with Crippen LogP contribution in [0.3, 0.4) is 0 Å². The lowest BCUT2D eigenvalue weighted by atomic mass is 10.1. The third-order valence-electron chi connectivity index (χ3n) is 4.68. The van der Waals surface area contributed by atoms with E-state index in [2.05, 4.69) is 42.8 Å². The van der Waals surface area contributed by atoms with Crippen molar-refractivity contribution in [2.24, 2.45) is 0 Å². The normalized spacial score (nSPS) is 28.1. The molecule has 1 N–H and O–H groups in total. The molecule has 0 aromatic rings. The van der Waals surface area contributed by atoms with Gasteiger partial charge in [-0.25, -0.2) is 0 Å². The molecule has 3 nitrogen and oxygen atoms in total. The summed E-state index contributed by atoms with van der Waals surface area (Å²) in [5.74, 6) is 0. The second-order valence-corrected chi connectivity index (χ2v) is 7.49. The minimum atomic E-state index is 0.251. The van der Waals surface area contributed by atoms with Crippen LogP contribution in [0, 0.1) is 0 Å². The molecule has 3 heteroatoms. The lowest BCUT2D eigenvalue weighted by Gasteiger charge is -2.31. The Kier molecular flexibility index (Phi) is 5.27. The van der Waals surface area contributed by atoms with E-state index in [1.165, 1.54) is 51.9 Å². The van der Waals surface area contributed by atoms with Gasteiger partial charge in [0.25, 0.3) is 0 Å². The van der Waals surface area contributed by atoms with Crippen LogP contribution in [-0.4, -0.2) is 60.1 Å². The van der Waals surface area contributed by atoms with Crippen LogP contribution in [0.4, 0.5) is 0 Å². The fourth-order valence-corrected chi connectivity index (χ4v) is 3.47. The molecule has 2 aliphatic rings. The maximum Gasteiger partial charge on any atom is 0.0223 e. The first-order valence-corrected chi connectivity index (χ1v) is 8.19. The van der Waals surface area contributed by atoms with E-state index in [4.69, 9.17) is 0 Å². The van der Waals surface area contributed by atoms with Crippen LogP contribution < -0.4 is 5.32 Å². The average molecular weight is 267 g/mol. The van der Waals surface area contributed by atoms with Gasteiger partial charge in [-0.3, -0.25) is 9.80 Å². The molecular formula is C16H33N3. The lowest BCUT2D eigenvalue weighted by molar-refractivity contribution is 0.172. The highest BCUT2D eigenvalue weighted by Gasteiger charge is 2.30. The molecule has 0 radical (unpaired) electrons. The van der Waals surface area contributed by atoms with Gasteiger partial charge in [-0.2, -0.15) is 0 Å². The van der Waals surface area contributed by atoms with Gasteiger partial charge in [0, 0.05) is 24.2 Å². The summed E-state index contributed by atoms with van der Waals surface area (Å²) >= 11 is 0. The monoisotopic (exact) mass is 267 g/mol. The second kappa shape index (κ2) is 6.55. The van der Waals surface area contributed by atoms with E-state index in [-0.39, 0.29) is 5.54 Å². The highest BCUT2D eigenvalue weighted by atomic mass is 15.3. The van der Waals surface area contributed by atoms with Gasteiger partial charge in [0.2, 0.25) is 0 Å². The Labute approximate surface area is 119 Å². The van der Waals surface area contributed by atoms with Crippen LogP contribution in [-0.2, 0) is 0 Å². The lowest BCUT2D eigenvalue weighted by Crippen LogP contribution is -2.43. The standard InChI is InChI=1S/C16H33N3/c1-14(8-9-17-16(2,3)4)19-12-6-11-18-10-5-7-15(18)13-19/h14-15,17H,5-13H2,1-4H3. The number of nitrogens with one attached hydrogen (secondary N) is 1. The van der Waals surface area contributed by atoms with Crippen LogP contribution in [0.1, 0.15) is 53.4 Å². The van der Waals surface area contributed by atoms with Gasteiger partial charge in [-0.1, -0.05) is 0 Å². The first-order valence-electron chi connectivity index (χ1n) is 8.19. The van der Waals surface area contributed by atoms with Crippen LogP contribution in [0.25, 0.3) is 0 Å². The van der Waals surface area contributed by atoms with Crippen LogP contribution in [0.5, 0.6) is 0 Å². The van der Waals surface area contributed by atoms with Crippen molar-refractivity contribution in [2.45, 2.75) is 71.0 Å². The molecule has 2 saturated heterocycles. The largest absolute Gasteiger partial charge is 0.312 e. The van der Waals surface area contributed by atoms with E-state index in [1.807, 2.05) is 0 Å². The minimum Gasteiger partial charge on any atom is -0.312 e. The van der Waals surface area contributed by atoms with E-state index in [0.29, 0.717) is 0 Å². The second-order valence-electron chi connectivity index (χ2n) is 7.49. The van der Waals surface area contributed by atoms with Crippen molar-refractivity contribution < 1.29 is 0 Å². The molecule has 0 aliphatic carbocycles. The molecule has 0 aromatic carbocycles. The molecule has 0 bridgehead atoms. The number of hydrogen-bond donors (Lipinski definition) is 1. The predicted octanol–water partition coefficient (Wildman–Crippen LogP) is 2.32. The summed E-state index contributed by atoms with van der Waals surface area (Å²) < 4.78 is 0. The van der Waals surface area contributed by atoms with Crippen molar-refractivity contribution in [2.75, 3.05) is 32.7 Å². The smallest absolute Gasteiger partial charge is 0.0223 e. The van der Waals surface area contributed by atoms with E-state index in [1.54, 1.807) is 0 Å². The Balaban J connectivity index is 1.76. The van der Waals surface area contributed by atoms with Gasteiger partial charge >= 0.3 is 0 Å². The molecular weight excluding hydrogens is 234 g/mol. The SMILES string of the molecule is CC(CCNC(C)(C)C)N1CCCN2CCCC2C1. The van der Waals surface area contributed by atoms with Gasteiger partial charge in [-0.15, -0.1) is 0 Å². The zero-order valence-corrected chi connectivity index (χ0v) is 13.4. The van der Waals surface area contributed by atoms with Crippen molar-refractivity contribution in [1.29, 1.82) is 0 Å². The summed E-state index contributed by atoms with van der Waals surface area (Å²) in [5.41, 5.74) is 0.251.